The summed E-state index contributed by atoms with van der Waals surface area (Å²) in [5.74, 6) is 0.268. The van der Waals surface area contributed by atoms with Crippen LogP contribution in [0.25, 0.3) is 0 Å². The van der Waals surface area contributed by atoms with Crippen LogP contribution in [-0.4, -0.2) is 29.9 Å². The van der Waals surface area contributed by atoms with Crippen molar-refractivity contribution >= 4 is 11.9 Å². The summed E-state index contributed by atoms with van der Waals surface area (Å²) in [7, 11) is 0. The van der Waals surface area contributed by atoms with Crippen LogP contribution in [0.2, 0.25) is 0 Å². The maximum Gasteiger partial charge on any atom is 0.339 e. The number of hydrogen-bond acceptors (Lipinski definition) is 4. The van der Waals surface area contributed by atoms with E-state index in [-0.39, 0.29) is 17.7 Å². The first-order valence-corrected chi connectivity index (χ1v) is 10.2. The Morgan fingerprint density at radius 1 is 0.935 bits per heavy atom. The summed E-state index contributed by atoms with van der Waals surface area (Å²) in [6.45, 7) is 0.979. The van der Waals surface area contributed by atoms with Crippen molar-refractivity contribution in [2.75, 3.05) is 13.1 Å². The summed E-state index contributed by atoms with van der Waals surface area (Å²) >= 11 is 0. The Bertz CT molecular complexity index is 1150. The predicted octanol–water partition coefficient (Wildman–Crippen LogP) is 4.92. The third kappa shape index (κ3) is 3.54. The number of likely N-dealkylation sites (tertiary alicyclic amines) is 1. The number of esters is 1. The smallest absolute Gasteiger partial charge is 0.339 e. The van der Waals surface area contributed by atoms with E-state index in [1.165, 1.54) is 24.3 Å². The highest BCUT2D eigenvalue weighted by Crippen LogP contribution is 2.44. The summed E-state index contributed by atoms with van der Waals surface area (Å²) in [6, 6.07) is 20.1. The van der Waals surface area contributed by atoms with Gasteiger partial charge >= 0.3 is 5.97 Å². The molecule has 1 amide bonds. The van der Waals surface area contributed by atoms with E-state index < -0.39 is 5.60 Å². The number of nitrogens with zero attached hydrogens (tertiary/aromatic N) is 1. The molecule has 2 aliphatic heterocycles. The van der Waals surface area contributed by atoms with Crippen LogP contribution in [-0.2, 0) is 10.3 Å². The molecule has 0 N–H and O–H groups in total. The summed E-state index contributed by atoms with van der Waals surface area (Å²) in [6.07, 6.45) is 1.13. The molecular formula is C25H20FNO4. The Morgan fingerprint density at radius 2 is 1.68 bits per heavy atom. The standard InChI is InChI=1S/C25H20FNO4/c26-18-8-10-19(11-9-18)30-20-5-3-4-17(16-20)23(28)27-14-12-25(13-15-27)22-7-2-1-6-21(22)24(29)31-25/h1-11,16H,12-15H2. The Kier molecular flexibility index (Phi) is 4.70. The molecule has 0 atom stereocenters. The number of carbonyl (C=O) groups excluding carboxylic acids is 2. The summed E-state index contributed by atoms with van der Waals surface area (Å²) < 4.78 is 24.6. The van der Waals surface area contributed by atoms with E-state index in [0.29, 0.717) is 48.6 Å². The van der Waals surface area contributed by atoms with Crippen LogP contribution < -0.4 is 4.74 Å². The number of carbonyl (C=O) groups is 2. The number of amides is 1. The van der Waals surface area contributed by atoms with Gasteiger partial charge in [-0.25, -0.2) is 9.18 Å². The molecular weight excluding hydrogens is 397 g/mol. The lowest BCUT2D eigenvalue weighted by Gasteiger charge is -2.38. The molecule has 5 rings (SSSR count). The quantitative estimate of drug-likeness (QED) is 0.568. The molecule has 31 heavy (non-hydrogen) atoms. The van der Waals surface area contributed by atoms with Crippen molar-refractivity contribution in [2.24, 2.45) is 0 Å². The molecule has 0 unspecified atom stereocenters. The van der Waals surface area contributed by atoms with E-state index in [1.807, 2.05) is 18.2 Å². The molecule has 6 heteroatoms. The number of ether oxygens (including phenoxy) is 2. The van der Waals surface area contributed by atoms with Gasteiger partial charge in [0.1, 0.15) is 22.9 Å². The van der Waals surface area contributed by atoms with Gasteiger partial charge < -0.3 is 14.4 Å². The van der Waals surface area contributed by atoms with Gasteiger partial charge in [-0.3, -0.25) is 4.79 Å². The molecule has 3 aromatic rings. The first-order valence-electron chi connectivity index (χ1n) is 10.2. The van der Waals surface area contributed by atoms with Crippen LogP contribution in [0.3, 0.4) is 0 Å². The van der Waals surface area contributed by atoms with E-state index >= 15 is 0 Å². The lowest BCUT2D eigenvalue weighted by molar-refractivity contribution is -0.0389. The van der Waals surface area contributed by atoms with Crippen LogP contribution >= 0.6 is 0 Å². The third-order valence-electron chi connectivity index (χ3n) is 5.91. The predicted molar refractivity (Wildman–Crippen MR) is 112 cm³/mol. The minimum absolute atomic E-state index is 0.1000. The maximum atomic E-state index is 13.1. The summed E-state index contributed by atoms with van der Waals surface area (Å²) in [5, 5.41) is 0. The molecule has 0 radical (unpaired) electrons. The average Bonchev–Trinajstić information content (AvgIpc) is 3.07. The lowest BCUT2D eigenvalue weighted by Crippen LogP contribution is -2.45. The molecule has 1 spiro atoms. The van der Waals surface area contributed by atoms with Crippen molar-refractivity contribution in [3.63, 3.8) is 0 Å². The first kappa shape index (κ1) is 19.3. The number of hydrogen-bond donors (Lipinski definition) is 0. The Labute approximate surface area is 179 Å². The van der Waals surface area contributed by atoms with Crippen LogP contribution in [0.4, 0.5) is 4.39 Å². The van der Waals surface area contributed by atoms with Gasteiger partial charge in [-0.2, -0.15) is 0 Å². The fourth-order valence-electron chi connectivity index (χ4n) is 4.30. The first-order chi connectivity index (χ1) is 15.0. The Balaban J connectivity index is 1.29. The normalized spacial score (nSPS) is 16.7. The maximum absolute atomic E-state index is 13.1. The van der Waals surface area contributed by atoms with E-state index in [1.54, 1.807) is 35.2 Å². The highest BCUT2D eigenvalue weighted by molar-refractivity contribution is 5.96. The van der Waals surface area contributed by atoms with Crippen molar-refractivity contribution < 1.29 is 23.5 Å². The van der Waals surface area contributed by atoms with Crippen molar-refractivity contribution in [1.82, 2.24) is 4.90 Å². The molecule has 1 fully saturated rings. The van der Waals surface area contributed by atoms with E-state index in [2.05, 4.69) is 0 Å². The second kappa shape index (κ2) is 7.54. The fraction of sp³-hybridized carbons (Fsp3) is 0.200. The van der Waals surface area contributed by atoms with Crippen molar-refractivity contribution in [3.8, 4) is 11.5 Å². The van der Waals surface area contributed by atoms with Crippen LogP contribution in [0.5, 0.6) is 11.5 Å². The molecule has 156 valence electrons. The van der Waals surface area contributed by atoms with E-state index in [9.17, 15) is 14.0 Å². The molecule has 0 bridgehead atoms. The molecule has 5 nitrogen and oxygen atoms in total. The van der Waals surface area contributed by atoms with Crippen LogP contribution in [0.1, 0.15) is 39.1 Å². The Morgan fingerprint density at radius 3 is 2.45 bits per heavy atom. The summed E-state index contributed by atoms with van der Waals surface area (Å²) in [4.78, 5) is 27.1. The van der Waals surface area contributed by atoms with Crippen molar-refractivity contribution in [1.29, 1.82) is 0 Å². The molecule has 3 aromatic carbocycles. The lowest BCUT2D eigenvalue weighted by atomic mass is 9.83. The second-order valence-corrected chi connectivity index (χ2v) is 7.81. The Hall–Kier alpha value is -3.67. The third-order valence-corrected chi connectivity index (χ3v) is 5.91. The van der Waals surface area contributed by atoms with Gasteiger partial charge in [0.2, 0.25) is 0 Å². The number of piperidine rings is 1. The number of benzene rings is 3. The van der Waals surface area contributed by atoms with Crippen LogP contribution in [0, 0.1) is 5.82 Å². The largest absolute Gasteiger partial charge is 0.457 e. The van der Waals surface area contributed by atoms with Gasteiger partial charge in [-0.05, 0) is 48.5 Å². The molecule has 1 saturated heterocycles. The molecule has 2 aliphatic rings. The van der Waals surface area contributed by atoms with Crippen molar-refractivity contribution in [2.45, 2.75) is 18.4 Å². The zero-order valence-electron chi connectivity index (χ0n) is 16.7. The van der Waals surface area contributed by atoms with Gasteiger partial charge in [-0.15, -0.1) is 0 Å². The second-order valence-electron chi connectivity index (χ2n) is 7.81. The minimum Gasteiger partial charge on any atom is -0.457 e. The zero-order chi connectivity index (χ0) is 21.4. The fourth-order valence-corrected chi connectivity index (χ4v) is 4.30. The summed E-state index contributed by atoms with van der Waals surface area (Å²) in [5.41, 5.74) is 1.41. The van der Waals surface area contributed by atoms with Crippen LogP contribution in [0.15, 0.2) is 72.8 Å². The monoisotopic (exact) mass is 417 g/mol. The minimum atomic E-state index is -0.641. The number of fused-ring (bicyclic) bond motifs is 2. The van der Waals surface area contributed by atoms with Gasteiger partial charge in [0.25, 0.3) is 5.91 Å². The molecule has 0 aliphatic carbocycles. The number of rotatable bonds is 3. The SMILES string of the molecule is O=C1OC2(CCN(C(=O)c3cccc(Oc4ccc(F)cc4)c3)CC2)c2ccccc21. The highest BCUT2D eigenvalue weighted by Gasteiger charge is 2.47. The average molecular weight is 417 g/mol. The molecule has 2 heterocycles. The van der Waals surface area contributed by atoms with Crippen molar-refractivity contribution in [3.05, 3.63) is 95.3 Å². The van der Waals surface area contributed by atoms with E-state index in [0.717, 1.165) is 5.56 Å². The molecule has 0 saturated carbocycles. The number of halogens is 1. The van der Waals surface area contributed by atoms with Gasteiger partial charge in [0.15, 0.2) is 0 Å². The highest BCUT2D eigenvalue weighted by atomic mass is 19.1. The zero-order valence-corrected chi connectivity index (χ0v) is 16.7. The van der Waals surface area contributed by atoms with Gasteiger partial charge in [0, 0.05) is 37.1 Å². The van der Waals surface area contributed by atoms with Gasteiger partial charge in [-0.1, -0.05) is 24.3 Å². The molecule has 0 aromatic heterocycles. The topological polar surface area (TPSA) is 55.8 Å². The van der Waals surface area contributed by atoms with E-state index in [4.69, 9.17) is 9.47 Å². The van der Waals surface area contributed by atoms with Gasteiger partial charge in [0.05, 0.1) is 5.56 Å².